The summed E-state index contributed by atoms with van der Waals surface area (Å²) in [7, 11) is 0. The normalized spacial score (nSPS) is 10.5. The van der Waals surface area contributed by atoms with Crippen molar-refractivity contribution in [2.75, 3.05) is 17.2 Å². The second kappa shape index (κ2) is 8.28. The molecule has 0 atom stereocenters. The van der Waals surface area contributed by atoms with Gasteiger partial charge in [0.15, 0.2) is 23.1 Å². The lowest BCUT2D eigenvalue weighted by Crippen LogP contribution is -2.16. The van der Waals surface area contributed by atoms with Crippen molar-refractivity contribution in [3.05, 3.63) is 47.4 Å². The number of nitrogens with one attached hydrogen (secondary N) is 2. The van der Waals surface area contributed by atoms with Crippen molar-refractivity contribution in [3.8, 4) is 0 Å². The molecule has 128 valence electrons. The van der Waals surface area contributed by atoms with Gasteiger partial charge in [-0.15, -0.1) is 10.2 Å². The van der Waals surface area contributed by atoms with Gasteiger partial charge in [-0.1, -0.05) is 19.8 Å². The molecular weight excluding hydrogens is 321 g/mol. The summed E-state index contributed by atoms with van der Waals surface area (Å²) in [6.45, 7) is 2.84. The summed E-state index contributed by atoms with van der Waals surface area (Å²) in [5.74, 6) is -4.70. The summed E-state index contributed by atoms with van der Waals surface area (Å²) < 4.78 is 39.5. The molecule has 8 heteroatoms. The highest BCUT2D eigenvalue weighted by atomic mass is 19.2. The number of hydrogen-bond donors (Lipinski definition) is 2. The third-order valence-corrected chi connectivity index (χ3v) is 3.27. The summed E-state index contributed by atoms with van der Waals surface area (Å²) in [5, 5.41) is 12.8. The van der Waals surface area contributed by atoms with E-state index in [9.17, 15) is 18.0 Å². The van der Waals surface area contributed by atoms with Crippen molar-refractivity contribution in [1.29, 1.82) is 0 Å². The quantitative estimate of drug-likeness (QED) is 0.596. The van der Waals surface area contributed by atoms with E-state index in [-0.39, 0.29) is 5.69 Å². The number of benzene rings is 1. The minimum absolute atomic E-state index is 0.0711. The van der Waals surface area contributed by atoms with E-state index in [0.29, 0.717) is 5.82 Å². The standard InChI is InChI=1S/C16H17F3N4O/c1-2-3-4-9-20-13-8-7-12(22-23-13)16(24)21-11-6-5-10(17)14(18)15(11)19/h5-8H,2-4,9H2,1H3,(H,20,23)(H,21,24). The van der Waals surface area contributed by atoms with Crippen LogP contribution in [0, 0.1) is 17.5 Å². The molecule has 0 saturated carbocycles. The van der Waals surface area contributed by atoms with Crippen LogP contribution in [0.15, 0.2) is 24.3 Å². The van der Waals surface area contributed by atoms with Gasteiger partial charge < -0.3 is 10.6 Å². The van der Waals surface area contributed by atoms with E-state index in [2.05, 4.69) is 27.8 Å². The average molecular weight is 338 g/mol. The first-order valence-electron chi connectivity index (χ1n) is 7.55. The van der Waals surface area contributed by atoms with E-state index in [1.54, 1.807) is 6.07 Å². The smallest absolute Gasteiger partial charge is 0.276 e. The van der Waals surface area contributed by atoms with Crippen molar-refractivity contribution < 1.29 is 18.0 Å². The number of carbonyl (C=O) groups excluding carboxylic acids is 1. The Labute approximate surface area is 137 Å². The Kier molecular flexibility index (Phi) is 6.11. The minimum Gasteiger partial charge on any atom is -0.369 e. The maximum absolute atomic E-state index is 13.5. The van der Waals surface area contributed by atoms with Gasteiger partial charge in [-0.05, 0) is 30.7 Å². The Hall–Kier alpha value is -2.64. The number of carbonyl (C=O) groups is 1. The Morgan fingerprint density at radius 2 is 1.83 bits per heavy atom. The molecule has 0 fully saturated rings. The van der Waals surface area contributed by atoms with E-state index in [4.69, 9.17) is 0 Å². The highest BCUT2D eigenvalue weighted by molar-refractivity contribution is 6.02. The third kappa shape index (κ3) is 4.43. The first kappa shape index (κ1) is 17.7. The van der Waals surface area contributed by atoms with Crippen LogP contribution in [-0.2, 0) is 0 Å². The maximum Gasteiger partial charge on any atom is 0.276 e. The van der Waals surface area contributed by atoms with Gasteiger partial charge in [-0.2, -0.15) is 0 Å². The van der Waals surface area contributed by atoms with Crippen molar-refractivity contribution in [1.82, 2.24) is 10.2 Å². The number of amides is 1. The van der Waals surface area contributed by atoms with Gasteiger partial charge in [0, 0.05) is 6.54 Å². The van der Waals surface area contributed by atoms with Crippen LogP contribution in [0.4, 0.5) is 24.7 Å². The predicted octanol–water partition coefficient (Wildman–Crippen LogP) is 3.75. The summed E-state index contributed by atoms with van der Waals surface area (Å²) in [6.07, 6.45) is 3.20. The largest absolute Gasteiger partial charge is 0.369 e. The van der Waals surface area contributed by atoms with E-state index in [0.717, 1.165) is 37.9 Å². The zero-order chi connectivity index (χ0) is 17.5. The molecule has 1 amide bonds. The average Bonchev–Trinajstić information content (AvgIpc) is 2.59. The Morgan fingerprint density at radius 1 is 1.04 bits per heavy atom. The molecule has 1 heterocycles. The number of rotatable bonds is 7. The predicted molar refractivity (Wildman–Crippen MR) is 84.3 cm³/mol. The van der Waals surface area contributed by atoms with E-state index < -0.39 is 29.0 Å². The van der Waals surface area contributed by atoms with Crippen LogP contribution in [0.2, 0.25) is 0 Å². The number of anilines is 2. The molecule has 0 aliphatic rings. The fourth-order valence-corrected chi connectivity index (χ4v) is 1.95. The molecule has 0 saturated heterocycles. The Balaban J connectivity index is 1.99. The molecule has 5 nitrogen and oxygen atoms in total. The molecule has 0 aliphatic carbocycles. The molecule has 0 radical (unpaired) electrons. The zero-order valence-corrected chi connectivity index (χ0v) is 13.1. The van der Waals surface area contributed by atoms with Crippen molar-refractivity contribution >= 4 is 17.4 Å². The molecule has 0 unspecified atom stereocenters. The number of nitrogens with zero attached hydrogens (tertiary/aromatic N) is 2. The van der Waals surface area contributed by atoms with Crippen LogP contribution in [0.1, 0.15) is 36.7 Å². The molecule has 24 heavy (non-hydrogen) atoms. The lowest BCUT2D eigenvalue weighted by Gasteiger charge is -2.07. The second-order valence-electron chi connectivity index (χ2n) is 5.11. The SMILES string of the molecule is CCCCCNc1ccc(C(=O)Nc2ccc(F)c(F)c2F)nn1. The molecule has 2 rings (SSSR count). The monoisotopic (exact) mass is 338 g/mol. The lowest BCUT2D eigenvalue weighted by atomic mass is 10.2. The highest BCUT2D eigenvalue weighted by Gasteiger charge is 2.16. The molecular formula is C16H17F3N4O. The number of aromatic nitrogens is 2. The molecule has 0 spiro atoms. The summed E-state index contributed by atoms with van der Waals surface area (Å²) in [6, 6.07) is 4.63. The van der Waals surface area contributed by atoms with Gasteiger partial charge in [0.2, 0.25) is 0 Å². The summed E-state index contributed by atoms with van der Waals surface area (Å²) >= 11 is 0. The Bertz CT molecular complexity index is 707. The van der Waals surface area contributed by atoms with Gasteiger partial charge in [0.1, 0.15) is 5.82 Å². The zero-order valence-electron chi connectivity index (χ0n) is 13.1. The van der Waals surface area contributed by atoms with Crippen LogP contribution >= 0.6 is 0 Å². The van der Waals surface area contributed by atoms with Crippen LogP contribution < -0.4 is 10.6 Å². The fourth-order valence-electron chi connectivity index (χ4n) is 1.95. The van der Waals surface area contributed by atoms with E-state index in [1.165, 1.54) is 6.07 Å². The molecule has 0 aliphatic heterocycles. The van der Waals surface area contributed by atoms with Crippen LogP contribution in [-0.4, -0.2) is 22.6 Å². The first-order chi connectivity index (χ1) is 11.5. The Morgan fingerprint density at radius 3 is 2.50 bits per heavy atom. The molecule has 1 aromatic heterocycles. The second-order valence-corrected chi connectivity index (χ2v) is 5.11. The molecule has 2 aromatic rings. The lowest BCUT2D eigenvalue weighted by molar-refractivity contribution is 0.102. The van der Waals surface area contributed by atoms with Crippen molar-refractivity contribution in [2.45, 2.75) is 26.2 Å². The fraction of sp³-hybridized carbons (Fsp3) is 0.312. The van der Waals surface area contributed by atoms with Crippen molar-refractivity contribution in [3.63, 3.8) is 0 Å². The topological polar surface area (TPSA) is 66.9 Å². The van der Waals surface area contributed by atoms with Gasteiger partial charge in [-0.3, -0.25) is 4.79 Å². The molecule has 0 bridgehead atoms. The van der Waals surface area contributed by atoms with Crippen LogP contribution in [0.5, 0.6) is 0 Å². The third-order valence-electron chi connectivity index (χ3n) is 3.27. The van der Waals surface area contributed by atoms with Gasteiger partial charge in [-0.25, -0.2) is 13.2 Å². The number of unbranched alkanes of at least 4 members (excludes halogenated alkanes) is 2. The minimum atomic E-state index is -1.65. The highest BCUT2D eigenvalue weighted by Crippen LogP contribution is 2.20. The van der Waals surface area contributed by atoms with Crippen LogP contribution in [0.25, 0.3) is 0 Å². The van der Waals surface area contributed by atoms with Gasteiger partial charge >= 0.3 is 0 Å². The molecule has 1 aromatic carbocycles. The van der Waals surface area contributed by atoms with Gasteiger partial charge in [0.25, 0.3) is 5.91 Å². The first-order valence-corrected chi connectivity index (χ1v) is 7.55. The number of hydrogen-bond acceptors (Lipinski definition) is 4. The maximum atomic E-state index is 13.5. The van der Waals surface area contributed by atoms with Crippen LogP contribution in [0.3, 0.4) is 0 Å². The summed E-state index contributed by atoms with van der Waals surface area (Å²) in [5.41, 5.74) is -0.541. The van der Waals surface area contributed by atoms with E-state index >= 15 is 0 Å². The summed E-state index contributed by atoms with van der Waals surface area (Å²) in [4.78, 5) is 12.0. The van der Waals surface area contributed by atoms with Gasteiger partial charge in [0.05, 0.1) is 5.69 Å². The van der Waals surface area contributed by atoms with E-state index in [1.807, 2.05) is 0 Å². The number of halogens is 3. The van der Waals surface area contributed by atoms with Crippen molar-refractivity contribution in [2.24, 2.45) is 0 Å². The molecule has 2 N–H and O–H groups in total.